The van der Waals surface area contributed by atoms with Crippen LogP contribution in [0.5, 0.6) is 0 Å². The zero-order chi connectivity index (χ0) is 19.3. The van der Waals surface area contributed by atoms with Gasteiger partial charge in [-0.3, -0.25) is 9.36 Å². The van der Waals surface area contributed by atoms with Crippen LogP contribution in [0.1, 0.15) is 43.7 Å². The minimum atomic E-state index is -0.0685. The molecule has 0 unspecified atom stereocenters. The van der Waals surface area contributed by atoms with Crippen molar-refractivity contribution in [3.05, 3.63) is 48.4 Å². The topological polar surface area (TPSA) is 77.6 Å². The largest absolute Gasteiger partial charge is 0.310 e. The predicted molar refractivity (Wildman–Crippen MR) is 110 cm³/mol. The fourth-order valence-corrected chi connectivity index (χ4v) is 4.27. The molecule has 8 heteroatoms. The molecule has 0 aliphatic heterocycles. The molecule has 2 heterocycles. The number of anilines is 1. The van der Waals surface area contributed by atoms with E-state index in [1.807, 2.05) is 46.5 Å². The third kappa shape index (κ3) is 4.27. The maximum atomic E-state index is 12.5. The molecular weight excluding hydrogens is 372 g/mol. The Hall–Kier alpha value is -2.61. The molecule has 1 N–H and O–H groups in total. The molecule has 1 fully saturated rings. The second-order valence-corrected chi connectivity index (χ2v) is 8.05. The minimum Gasteiger partial charge on any atom is -0.310 e. The lowest BCUT2D eigenvalue weighted by molar-refractivity contribution is -0.113. The van der Waals surface area contributed by atoms with Crippen molar-refractivity contribution in [3.63, 3.8) is 0 Å². The first kappa shape index (κ1) is 18.7. The van der Waals surface area contributed by atoms with E-state index in [-0.39, 0.29) is 11.7 Å². The second-order valence-electron chi connectivity index (χ2n) is 7.11. The van der Waals surface area contributed by atoms with Crippen LogP contribution in [-0.2, 0) is 4.79 Å². The number of thioether (sulfide) groups is 1. The second kappa shape index (κ2) is 8.60. The number of carbonyl (C=O) groups excluding carboxylic acids is 1. The summed E-state index contributed by atoms with van der Waals surface area (Å²) in [5, 5.41) is 16.3. The van der Waals surface area contributed by atoms with E-state index in [1.54, 1.807) is 12.5 Å². The van der Waals surface area contributed by atoms with Gasteiger partial charge in [-0.05, 0) is 31.9 Å². The molecule has 4 rings (SSSR count). The van der Waals surface area contributed by atoms with Crippen molar-refractivity contribution in [1.29, 1.82) is 0 Å². The summed E-state index contributed by atoms with van der Waals surface area (Å²) in [7, 11) is 0. The Bertz CT molecular complexity index is 926. The lowest BCUT2D eigenvalue weighted by Gasteiger charge is -2.23. The first-order valence-electron chi connectivity index (χ1n) is 9.64. The van der Waals surface area contributed by atoms with Crippen LogP contribution in [0, 0.1) is 6.92 Å². The summed E-state index contributed by atoms with van der Waals surface area (Å²) in [6.07, 6.45) is 9.41. The number of aromatic nitrogens is 5. The third-order valence-electron chi connectivity index (χ3n) is 5.02. The van der Waals surface area contributed by atoms with Crippen molar-refractivity contribution in [1.82, 2.24) is 24.5 Å². The molecule has 1 saturated carbocycles. The summed E-state index contributed by atoms with van der Waals surface area (Å²) < 4.78 is 3.86. The van der Waals surface area contributed by atoms with Gasteiger partial charge in [-0.25, -0.2) is 4.68 Å². The molecule has 0 bridgehead atoms. The number of rotatable bonds is 6. The first-order valence-corrected chi connectivity index (χ1v) is 10.6. The molecular formula is C20H24N6OS. The number of carbonyl (C=O) groups is 1. The molecule has 28 heavy (non-hydrogen) atoms. The van der Waals surface area contributed by atoms with E-state index in [0.717, 1.165) is 24.3 Å². The van der Waals surface area contributed by atoms with Crippen LogP contribution in [-0.4, -0.2) is 36.2 Å². The molecule has 0 radical (unpaired) electrons. The SMILES string of the molecule is Cc1ccc(-n2cnnc2SCC(=O)Nc2ccnn2C2CCCCC2)cc1. The highest BCUT2D eigenvalue weighted by molar-refractivity contribution is 7.99. The molecule has 1 aliphatic carbocycles. The number of nitrogens with zero attached hydrogens (tertiary/aromatic N) is 5. The smallest absolute Gasteiger partial charge is 0.235 e. The maximum Gasteiger partial charge on any atom is 0.235 e. The minimum absolute atomic E-state index is 0.0685. The van der Waals surface area contributed by atoms with Gasteiger partial charge < -0.3 is 5.32 Å². The van der Waals surface area contributed by atoms with Crippen LogP contribution in [0.25, 0.3) is 5.69 Å². The van der Waals surface area contributed by atoms with E-state index >= 15 is 0 Å². The van der Waals surface area contributed by atoms with Gasteiger partial charge >= 0.3 is 0 Å². The average molecular weight is 397 g/mol. The summed E-state index contributed by atoms with van der Waals surface area (Å²) in [5.41, 5.74) is 2.17. The van der Waals surface area contributed by atoms with Gasteiger partial charge in [0.15, 0.2) is 5.16 Å². The van der Waals surface area contributed by atoms with E-state index in [0.29, 0.717) is 11.2 Å². The van der Waals surface area contributed by atoms with Crippen molar-refractivity contribution >= 4 is 23.5 Å². The molecule has 7 nitrogen and oxygen atoms in total. The van der Waals surface area contributed by atoms with Crippen molar-refractivity contribution in [2.24, 2.45) is 0 Å². The van der Waals surface area contributed by atoms with Gasteiger partial charge in [-0.2, -0.15) is 5.10 Å². The number of benzene rings is 1. The van der Waals surface area contributed by atoms with Crippen LogP contribution >= 0.6 is 11.8 Å². The van der Waals surface area contributed by atoms with Crippen molar-refractivity contribution in [3.8, 4) is 5.69 Å². The third-order valence-corrected chi connectivity index (χ3v) is 5.96. The van der Waals surface area contributed by atoms with E-state index < -0.39 is 0 Å². The van der Waals surface area contributed by atoms with Gasteiger partial charge in [0.2, 0.25) is 5.91 Å². The number of hydrogen-bond acceptors (Lipinski definition) is 5. The molecule has 0 atom stereocenters. The number of nitrogens with one attached hydrogen (secondary N) is 1. The molecule has 1 aromatic carbocycles. The summed E-state index contributed by atoms with van der Waals surface area (Å²) in [5.74, 6) is 0.971. The molecule has 3 aromatic rings. The Morgan fingerprint density at radius 1 is 1.18 bits per heavy atom. The van der Waals surface area contributed by atoms with Crippen LogP contribution in [0.3, 0.4) is 0 Å². The highest BCUT2D eigenvalue weighted by Gasteiger charge is 2.19. The standard InChI is InChI=1S/C20H24N6OS/c1-15-7-9-16(10-8-15)25-14-21-24-20(25)28-13-19(27)23-18-11-12-22-26(18)17-5-3-2-4-6-17/h7-12,14,17H,2-6,13H2,1H3,(H,23,27). The summed E-state index contributed by atoms with van der Waals surface area (Å²) in [6.45, 7) is 2.05. The molecule has 0 spiro atoms. The lowest BCUT2D eigenvalue weighted by Crippen LogP contribution is -2.21. The Kier molecular flexibility index (Phi) is 5.76. The summed E-state index contributed by atoms with van der Waals surface area (Å²) >= 11 is 1.37. The van der Waals surface area contributed by atoms with E-state index in [4.69, 9.17) is 0 Å². The fourth-order valence-electron chi connectivity index (χ4n) is 3.54. The Morgan fingerprint density at radius 3 is 2.75 bits per heavy atom. The zero-order valence-electron chi connectivity index (χ0n) is 15.9. The van der Waals surface area contributed by atoms with Gasteiger partial charge in [0, 0.05) is 11.8 Å². The number of hydrogen-bond donors (Lipinski definition) is 1. The van der Waals surface area contributed by atoms with Crippen LogP contribution in [0.15, 0.2) is 48.0 Å². The molecule has 0 saturated heterocycles. The van der Waals surface area contributed by atoms with E-state index in [2.05, 4.69) is 20.6 Å². The van der Waals surface area contributed by atoms with Gasteiger partial charge in [0.1, 0.15) is 12.1 Å². The number of aryl methyl sites for hydroxylation is 1. The quantitative estimate of drug-likeness (QED) is 0.637. The fraction of sp³-hybridized carbons (Fsp3) is 0.400. The van der Waals surface area contributed by atoms with Crippen LogP contribution in [0.2, 0.25) is 0 Å². The Balaban J connectivity index is 1.38. The predicted octanol–water partition coefficient (Wildman–Crippen LogP) is 4.01. The van der Waals surface area contributed by atoms with Crippen LogP contribution < -0.4 is 5.32 Å². The highest BCUT2D eigenvalue weighted by atomic mass is 32.2. The number of amides is 1. The van der Waals surface area contributed by atoms with Crippen LogP contribution in [0.4, 0.5) is 5.82 Å². The summed E-state index contributed by atoms with van der Waals surface area (Å²) in [6, 6.07) is 10.4. The monoisotopic (exact) mass is 396 g/mol. The molecule has 1 aliphatic rings. The van der Waals surface area contributed by atoms with Gasteiger partial charge in [-0.1, -0.05) is 48.7 Å². The zero-order valence-corrected chi connectivity index (χ0v) is 16.7. The first-order chi connectivity index (χ1) is 13.7. The Labute approximate surface area is 168 Å². The van der Waals surface area contributed by atoms with Gasteiger partial charge in [0.05, 0.1) is 18.0 Å². The normalized spacial score (nSPS) is 14.9. The highest BCUT2D eigenvalue weighted by Crippen LogP contribution is 2.30. The van der Waals surface area contributed by atoms with E-state index in [9.17, 15) is 4.79 Å². The van der Waals surface area contributed by atoms with Crippen molar-refractivity contribution in [2.75, 3.05) is 11.1 Å². The maximum absolute atomic E-state index is 12.5. The van der Waals surface area contributed by atoms with Gasteiger partial charge in [-0.15, -0.1) is 10.2 Å². The molecule has 146 valence electrons. The van der Waals surface area contributed by atoms with Crippen molar-refractivity contribution < 1.29 is 4.79 Å². The lowest BCUT2D eigenvalue weighted by atomic mass is 9.96. The van der Waals surface area contributed by atoms with Gasteiger partial charge in [0.25, 0.3) is 0 Å². The molecule has 2 aromatic heterocycles. The Morgan fingerprint density at radius 2 is 1.96 bits per heavy atom. The molecule has 1 amide bonds. The van der Waals surface area contributed by atoms with Crippen molar-refractivity contribution in [2.45, 2.75) is 50.2 Å². The summed E-state index contributed by atoms with van der Waals surface area (Å²) in [4.78, 5) is 12.5. The van der Waals surface area contributed by atoms with E-state index in [1.165, 1.54) is 36.6 Å². The average Bonchev–Trinajstić information content (AvgIpc) is 3.37.